The van der Waals surface area contributed by atoms with E-state index in [-0.39, 0.29) is 0 Å². The Balaban J connectivity index is 2.06. The Hall–Kier alpha value is -0.800. The minimum absolute atomic E-state index is 0.391. The van der Waals surface area contributed by atoms with E-state index in [0.717, 1.165) is 12.3 Å². The van der Waals surface area contributed by atoms with E-state index in [1.807, 2.05) is 12.1 Å². The first-order chi connectivity index (χ1) is 7.31. The van der Waals surface area contributed by atoms with Gasteiger partial charge < -0.3 is 15.1 Å². The lowest BCUT2D eigenvalue weighted by molar-refractivity contribution is 0.179. The van der Waals surface area contributed by atoms with Crippen LogP contribution in [0.5, 0.6) is 0 Å². The van der Waals surface area contributed by atoms with Crippen LogP contribution in [0.2, 0.25) is 0 Å². The minimum Gasteiger partial charge on any atom is -0.469 e. The molecule has 3 heteroatoms. The van der Waals surface area contributed by atoms with Gasteiger partial charge in [-0.15, -0.1) is 0 Å². The highest BCUT2D eigenvalue weighted by Crippen LogP contribution is 2.30. The fourth-order valence-corrected chi connectivity index (χ4v) is 2.58. The number of nitrogens with zero attached hydrogens (tertiary/aromatic N) is 1. The lowest BCUT2D eigenvalue weighted by atomic mass is 9.84. The first-order valence-electron chi connectivity index (χ1n) is 5.73. The van der Waals surface area contributed by atoms with Crippen LogP contribution in [0.1, 0.15) is 24.5 Å². The van der Waals surface area contributed by atoms with E-state index in [2.05, 4.69) is 11.9 Å². The standard InChI is InChI=1S/C12H20N2O/c1-14-6-2-4-10(9-14)11(8-13)12-5-3-7-15-12/h3,5,7,10-11H,2,4,6,8-9,13H2,1H3. The third-order valence-electron chi connectivity index (χ3n) is 3.39. The number of hydrogen-bond donors (Lipinski definition) is 1. The van der Waals surface area contributed by atoms with Crippen LogP contribution >= 0.6 is 0 Å². The summed E-state index contributed by atoms with van der Waals surface area (Å²) in [6.45, 7) is 3.04. The van der Waals surface area contributed by atoms with Crippen molar-refractivity contribution in [2.45, 2.75) is 18.8 Å². The summed E-state index contributed by atoms with van der Waals surface area (Å²) >= 11 is 0. The van der Waals surface area contributed by atoms with Crippen LogP contribution in [0.25, 0.3) is 0 Å². The van der Waals surface area contributed by atoms with Crippen molar-refractivity contribution in [3.63, 3.8) is 0 Å². The minimum atomic E-state index is 0.391. The third kappa shape index (κ3) is 2.41. The van der Waals surface area contributed by atoms with Crippen LogP contribution in [0.4, 0.5) is 0 Å². The second-order valence-corrected chi connectivity index (χ2v) is 4.52. The van der Waals surface area contributed by atoms with Gasteiger partial charge in [-0.05, 0) is 44.5 Å². The Morgan fingerprint density at radius 2 is 2.53 bits per heavy atom. The molecule has 1 aromatic heterocycles. The molecule has 0 aromatic carbocycles. The van der Waals surface area contributed by atoms with Gasteiger partial charge in [0, 0.05) is 19.0 Å². The van der Waals surface area contributed by atoms with Crippen molar-refractivity contribution >= 4 is 0 Å². The number of rotatable bonds is 3. The monoisotopic (exact) mass is 208 g/mol. The number of piperidine rings is 1. The number of likely N-dealkylation sites (tertiary alicyclic amines) is 1. The first kappa shape index (κ1) is 10.7. The molecule has 0 spiro atoms. The van der Waals surface area contributed by atoms with Crippen LogP contribution in [0.3, 0.4) is 0 Å². The lowest BCUT2D eigenvalue weighted by Crippen LogP contribution is -2.37. The molecule has 2 atom stereocenters. The van der Waals surface area contributed by atoms with Gasteiger partial charge in [-0.3, -0.25) is 0 Å². The second kappa shape index (κ2) is 4.81. The summed E-state index contributed by atoms with van der Waals surface area (Å²) in [5, 5.41) is 0. The van der Waals surface area contributed by atoms with E-state index >= 15 is 0 Å². The zero-order valence-electron chi connectivity index (χ0n) is 9.36. The Kier molecular flexibility index (Phi) is 3.44. The Labute approximate surface area is 91.2 Å². The molecular weight excluding hydrogens is 188 g/mol. The van der Waals surface area contributed by atoms with Gasteiger partial charge in [-0.2, -0.15) is 0 Å². The van der Waals surface area contributed by atoms with Gasteiger partial charge in [-0.25, -0.2) is 0 Å². The molecule has 84 valence electrons. The van der Waals surface area contributed by atoms with Crippen molar-refractivity contribution in [2.75, 3.05) is 26.7 Å². The highest BCUT2D eigenvalue weighted by molar-refractivity contribution is 5.08. The molecule has 2 heterocycles. The van der Waals surface area contributed by atoms with Crippen molar-refractivity contribution in [1.29, 1.82) is 0 Å². The van der Waals surface area contributed by atoms with E-state index < -0.39 is 0 Å². The lowest BCUT2D eigenvalue weighted by Gasteiger charge is -2.33. The Morgan fingerprint density at radius 1 is 1.67 bits per heavy atom. The largest absolute Gasteiger partial charge is 0.469 e. The summed E-state index contributed by atoms with van der Waals surface area (Å²) in [6, 6.07) is 4.00. The van der Waals surface area contributed by atoms with E-state index in [0.29, 0.717) is 18.4 Å². The molecule has 2 N–H and O–H groups in total. The van der Waals surface area contributed by atoms with E-state index in [4.69, 9.17) is 10.2 Å². The van der Waals surface area contributed by atoms with Gasteiger partial charge in [0.2, 0.25) is 0 Å². The van der Waals surface area contributed by atoms with Gasteiger partial charge in [-0.1, -0.05) is 0 Å². The number of nitrogens with two attached hydrogens (primary N) is 1. The zero-order valence-corrected chi connectivity index (χ0v) is 9.36. The van der Waals surface area contributed by atoms with Crippen LogP contribution in [-0.2, 0) is 0 Å². The van der Waals surface area contributed by atoms with Crippen LogP contribution in [-0.4, -0.2) is 31.6 Å². The highest BCUT2D eigenvalue weighted by Gasteiger charge is 2.27. The summed E-state index contributed by atoms with van der Waals surface area (Å²) in [4.78, 5) is 2.39. The predicted octanol–water partition coefficient (Wildman–Crippen LogP) is 1.66. The summed E-state index contributed by atoms with van der Waals surface area (Å²) in [5.74, 6) is 2.10. The summed E-state index contributed by atoms with van der Waals surface area (Å²) in [5.41, 5.74) is 5.86. The quantitative estimate of drug-likeness (QED) is 0.821. The maximum absolute atomic E-state index is 5.86. The maximum atomic E-state index is 5.86. The van der Waals surface area contributed by atoms with E-state index in [1.54, 1.807) is 6.26 Å². The smallest absolute Gasteiger partial charge is 0.108 e. The maximum Gasteiger partial charge on any atom is 0.108 e. The van der Waals surface area contributed by atoms with Crippen molar-refractivity contribution in [2.24, 2.45) is 11.7 Å². The molecule has 1 fully saturated rings. The molecule has 3 nitrogen and oxygen atoms in total. The Morgan fingerprint density at radius 3 is 3.13 bits per heavy atom. The SMILES string of the molecule is CN1CCCC(C(CN)c2ccco2)C1. The summed E-state index contributed by atoms with van der Waals surface area (Å²) in [7, 11) is 2.18. The molecule has 2 unspecified atom stereocenters. The molecule has 0 bridgehead atoms. The van der Waals surface area contributed by atoms with Crippen molar-refractivity contribution in [1.82, 2.24) is 4.90 Å². The van der Waals surface area contributed by atoms with E-state index in [1.165, 1.54) is 19.4 Å². The first-order valence-corrected chi connectivity index (χ1v) is 5.73. The molecule has 0 saturated carbocycles. The molecule has 1 aliphatic heterocycles. The van der Waals surface area contributed by atoms with Crippen molar-refractivity contribution in [3.05, 3.63) is 24.2 Å². The zero-order chi connectivity index (χ0) is 10.7. The van der Waals surface area contributed by atoms with Crippen molar-refractivity contribution in [3.8, 4) is 0 Å². The fourth-order valence-electron chi connectivity index (χ4n) is 2.58. The third-order valence-corrected chi connectivity index (χ3v) is 3.39. The van der Waals surface area contributed by atoms with Gasteiger partial charge in [0.05, 0.1) is 6.26 Å². The van der Waals surface area contributed by atoms with Crippen molar-refractivity contribution < 1.29 is 4.42 Å². The molecule has 0 aliphatic carbocycles. The average Bonchev–Trinajstić information content (AvgIpc) is 2.72. The van der Waals surface area contributed by atoms with Gasteiger partial charge >= 0.3 is 0 Å². The topological polar surface area (TPSA) is 42.4 Å². The molecule has 1 aromatic rings. The van der Waals surface area contributed by atoms with Gasteiger partial charge in [0.25, 0.3) is 0 Å². The fraction of sp³-hybridized carbons (Fsp3) is 0.667. The number of hydrogen-bond acceptors (Lipinski definition) is 3. The molecule has 1 aliphatic rings. The normalized spacial score (nSPS) is 25.3. The summed E-state index contributed by atoms with van der Waals surface area (Å²) < 4.78 is 5.48. The predicted molar refractivity (Wildman–Crippen MR) is 60.7 cm³/mol. The van der Waals surface area contributed by atoms with E-state index in [9.17, 15) is 0 Å². The van der Waals surface area contributed by atoms with Crippen LogP contribution in [0, 0.1) is 5.92 Å². The average molecular weight is 208 g/mol. The molecule has 15 heavy (non-hydrogen) atoms. The molecule has 0 amide bonds. The van der Waals surface area contributed by atoms with Crippen LogP contribution in [0.15, 0.2) is 22.8 Å². The Bertz CT molecular complexity index is 284. The van der Waals surface area contributed by atoms with Gasteiger partial charge in [0.1, 0.15) is 5.76 Å². The number of furan rings is 1. The summed E-state index contributed by atoms with van der Waals surface area (Å²) in [6.07, 6.45) is 4.29. The second-order valence-electron chi connectivity index (χ2n) is 4.52. The van der Waals surface area contributed by atoms with Gasteiger partial charge in [0.15, 0.2) is 0 Å². The molecule has 1 saturated heterocycles. The molecular formula is C12H20N2O. The molecule has 0 radical (unpaired) electrons. The highest BCUT2D eigenvalue weighted by atomic mass is 16.3. The molecule has 2 rings (SSSR count). The van der Waals surface area contributed by atoms with Crippen LogP contribution < -0.4 is 5.73 Å².